The van der Waals surface area contributed by atoms with Crippen LogP contribution in [0.4, 0.5) is 0 Å². The molecule has 0 N–H and O–H groups in total. The lowest BCUT2D eigenvalue weighted by Gasteiger charge is -2.08. The Hall–Kier alpha value is -1.29. The molecule has 93 valence electrons. The van der Waals surface area contributed by atoms with E-state index in [1.165, 1.54) is 18.1 Å². The van der Waals surface area contributed by atoms with Crippen LogP contribution in [0.3, 0.4) is 0 Å². The Balaban J connectivity index is 2.07. The van der Waals surface area contributed by atoms with Gasteiger partial charge < -0.3 is 4.18 Å². The van der Waals surface area contributed by atoms with Crippen molar-refractivity contribution in [2.45, 2.75) is 11.3 Å². The lowest BCUT2D eigenvalue weighted by Crippen LogP contribution is -2.03. The highest BCUT2D eigenvalue weighted by atomic mass is 32.2. The molecule has 5 radical (unpaired) electrons. The summed E-state index contributed by atoms with van der Waals surface area (Å²) in [6.07, 6.45) is 9.72. The van der Waals surface area contributed by atoms with Crippen LogP contribution < -0.4 is 0 Å². The quantitative estimate of drug-likeness (QED) is 0.604. The molecule has 0 amide bonds. The summed E-state index contributed by atoms with van der Waals surface area (Å²) in [5.41, 5.74) is 1.05. The van der Waals surface area contributed by atoms with Gasteiger partial charge in [0.2, 0.25) is 0 Å². The highest BCUT2D eigenvalue weighted by Gasteiger charge is 2.18. The molecule has 2 rings (SSSR count). The van der Waals surface area contributed by atoms with E-state index in [1.54, 1.807) is 12.1 Å². The van der Waals surface area contributed by atoms with E-state index in [9.17, 15) is 8.42 Å². The molecule has 0 atom stereocenters. The number of benzene rings is 1. The second kappa shape index (κ2) is 5.57. The topological polar surface area (TPSA) is 43.4 Å². The average molecular weight is 261 g/mol. The Morgan fingerprint density at radius 1 is 1.11 bits per heavy atom. The van der Waals surface area contributed by atoms with E-state index in [0.717, 1.165) is 18.2 Å². The Morgan fingerprint density at radius 3 is 2.28 bits per heavy atom. The summed E-state index contributed by atoms with van der Waals surface area (Å²) in [6, 6.07) is 6.65. The lowest BCUT2D eigenvalue weighted by atomic mass is 9.98. The maximum atomic E-state index is 11.6. The Kier molecular flexibility index (Phi) is 4.07. The molecule has 0 unspecified atom stereocenters. The van der Waals surface area contributed by atoms with Crippen molar-refractivity contribution in [3.05, 3.63) is 74.3 Å². The second-order valence-corrected chi connectivity index (χ2v) is 5.40. The van der Waals surface area contributed by atoms with Crippen molar-refractivity contribution in [2.75, 3.05) is 0 Å². The van der Waals surface area contributed by atoms with Gasteiger partial charge in [-0.3, -0.25) is 0 Å². The van der Waals surface area contributed by atoms with E-state index < -0.39 is 10.1 Å². The Bertz CT molecular complexity index is 496. The second-order valence-electron chi connectivity index (χ2n) is 3.83. The van der Waals surface area contributed by atoms with Gasteiger partial charge in [0.05, 0.1) is 6.26 Å². The predicted molar refractivity (Wildman–Crippen MR) is 69.1 cm³/mol. The van der Waals surface area contributed by atoms with Gasteiger partial charge in [0.1, 0.15) is 4.90 Å². The Morgan fingerprint density at radius 2 is 1.72 bits per heavy atom. The van der Waals surface area contributed by atoms with Crippen LogP contribution in [0, 0.1) is 31.6 Å². The maximum absolute atomic E-state index is 11.6. The average Bonchev–Trinajstić information content (AvgIpc) is 2.82. The van der Waals surface area contributed by atoms with Crippen molar-refractivity contribution in [3.63, 3.8) is 0 Å². The summed E-state index contributed by atoms with van der Waals surface area (Å²) >= 11 is 0. The monoisotopic (exact) mass is 261 g/mol. The van der Waals surface area contributed by atoms with Crippen LogP contribution in [0.15, 0.2) is 42.0 Å². The van der Waals surface area contributed by atoms with Gasteiger partial charge in [-0.1, -0.05) is 18.7 Å². The molecule has 1 aliphatic rings. The van der Waals surface area contributed by atoms with E-state index in [-0.39, 0.29) is 4.90 Å². The number of rotatable bonds is 5. The summed E-state index contributed by atoms with van der Waals surface area (Å²) in [5, 5.41) is 0. The fourth-order valence-electron chi connectivity index (χ4n) is 1.69. The molecule has 0 heterocycles. The van der Waals surface area contributed by atoms with Gasteiger partial charge in [-0.2, -0.15) is 8.42 Å². The van der Waals surface area contributed by atoms with Crippen molar-refractivity contribution in [3.8, 4) is 0 Å². The van der Waals surface area contributed by atoms with E-state index in [4.69, 9.17) is 0 Å². The zero-order chi connectivity index (χ0) is 13.0. The van der Waals surface area contributed by atoms with Crippen molar-refractivity contribution in [2.24, 2.45) is 0 Å². The van der Waals surface area contributed by atoms with E-state index >= 15 is 0 Å². The smallest absolute Gasteiger partial charge is 0.338 e. The molecule has 0 aliphatic heterocycles. The largest absolute Gasteiger partial charge is 0.388 e. The summed E-state index contributed by atoms with van der Waals surface area (Å²) in [5.74, 6) is 1.20. The fourth-order valence-corrected chi connectivity index (χ4v) is 2.45. The highest BCUT2D eigenvalue weighted by molar-refractivity contribution is 7.86. The first-order valence-corrected chi connectivity index (χ1v) is 6.86. The predicted octanol–water partition coefficient (Wildman–Crippen LogP) is 2.48. The van der Waals surface area contributed by atoms with Crippen molar-refractivity contribution < 1.29 is 12.6 Å². The van der Waals surface area contributed by atoms with Crippen LogP contribution in [0.2, 0.25) is 0 Å². The standard InChI is InChI=1S/C14H13O3S/c1-2-17-18(15,16)14-9-7-13(8-10-14)11-12-5-3-4-6-12/h2-10H,1,11H2. The first-order valence-electron chi connectivity index (χ1n) is 5.45. The molecular formula is C14H13O3S. The van der Waals surface area contributed by atoms with Gasteiger partial charge in [0.15, 0.2) is 0 Å². The molecule has 18 heavy (non-hydrogen) atoms. The summed E-state index contributed by atoms with van der Waals surface area (Å²) < 4.78 is 27.6. The van der Waals surface area contributed by atoms with Crippen LogP contribution >= 0.6 is 0 Å². The third-order valence-corrected chi connectivity index (χ3v) is 3.79. The van der Waals surface area contributed by atoms with Crippen LogP contribution in [-0.2, 0) is 20.7 Å². The number of hydrogen-bond donors (Lipinski definition) is 0. The highest BCUT2D eigenvalue weighted by Crippen LogP contribution is 2.27. The third-order valence-electron chi connectivity index (χ3n) is 2.55. The third kappa shape index (κ3) is 3.13. The van der Waals surface area contributed by atoms with Crippen molar-refractivity contribution >= 4 is 10.1 Å². The van der Waals surface area contributed by atoms with Gasteiger partial charge in [0, 0.05) is 0 Å². The van der Waals surface area contributed by atoms with Crippen LogP contribution in [0.5, 0.6) is 0 Å². The van der Waals surface area contributed by atoms with Gasteiger partial charge in [-0.05, 0) is 55.7 Å². The fraction of sp³-hybridized carbons (Fsp3) is 0.0714. The maximum Gasteiger partial charge on any atom is 0.338 e. The van der Waals surface area contributed by atoms with Gasteiger partial charge in [-0.25, -0.2) is 0 Å². The first-order chi connectivity index (χ1) is 8.62. The normalized spacial score (nSPS) is 16.7. The minimum atomic E-state index is -3.71. The minimum Gasteiger partial charge on any atom is -0.388 e. The first kappa shape index (κ1) is 13.1. The van der Waals surface area contributed by atoms with E-state index in [2.05, 4.69) is 10.8 Å². The molecule has 4 heteroatoms. The summed E-state index contributed by atoms with van der Waals surface area (Å²) in [7, 11) is -3.71. The van der Waals surface area contributed by atoms with Crippen molar-refractivity contribution in [1.82, 2.24) is 0 Å². The van der Waals surface area contributed by atoms with Crippen LogP contribution in [0.1, 0.15) is 5.56 Å². The molecule has 1 saturated carbocycles. The van der Waals surface area contributed by atoms with Crippen LogP contribution in [0.25, 0.3) is 0 Å². The molecule has 1 aromatic rings. The number of hydrogen-bond acceptors (Lipinski definition) is 3. The zero-order valence-electron chi connectivity index (χ0n) is 9.74. The minimum absolute atomic E-state index is 0.133. The lowest BCUT2D eigenvalue weighted by molar-refractivity contribution is 0.444. The van der Waals surface area contributed by atoms with Gasteiger partial charge >= 0.3 is 10.1 Å². The molecular weight excluding hydrogens is 248 g/mol. The molecule has 0 spiro atoms. The van der Waals surface area contributed by atoms with E-state index in [1.807, 2.05) is 25.7 Å². The van der Waals surface area contributed by atoms with Gasteiger partial charge in [-0.15, -0.1) is 0 Å². The van der Waals surface area contributed by atoms with Gasteiger partial charge in [0.25, 0.3) is 0 Å². The molecule has 1 fully saturated rings. The van der Waals surface area contributed by atoms with E-state index in [0.29, 0.717) is 0 Å². The molecule has 0 aromatic heterocycles. The molecule has 0 bridgehead atoms. The van der Waals surface area contributed by atoms with Crippen LogP contribution in [-0.4, -0.2) is 8.42 Å². The zero-order valence-corrected chi connectivity index (χ0v) is 10.6. The summed E-state index contributed by atoms with van der Waals surface area (Å²) in [6.45, 7) is 3.24. The molecule has 1 aliphatic carbocycles. The SMILES string of the molecule is C=COS(=O)(=O)c1ccc(C[C]2[CH][CH][CH][CH]2)cc1. The van der Waals surface area contributed by atoms with Crippen molar-refractivity contribution in [1.29, 1.82) is 0 Å². The Labute approximate surface area is 109 Å². The summed E-state index contributed by atoms with van der Waals surface area (Å²) in [4.78, 5) is 0.133. The molecule has 3 nitrogen and oxygen atoms in total. The molecule has 1 aromatic carbocycles. The molecule has 0 saturated heterocycles.